The molecule has 0 aliphatic heterocycles. The number of halogens is 1. The number of ether oxygens (including phenoxy) is 1. The van der Waals surface area contributed by atoms with Gasteiger partial charge < -0.3 is 9.84 Å². The fraction of sp³-hybridized carbons (Fsp3) is 0.125. The van der Waals surface area contributed by atoms with E-state index < -0.39 is 0 Å². The maximum atomic E-state index is 9.20. The van der Waals surface area contributed by atoms with Crippen LogP contribution in [0.2, 0.25) is 0 Å². The molecule has 1 N–H and O–H groups in total. The molecule has 0 aliphatic rings. The van der Waals surface area contributed by atoms with Crippen LogP contribution in [0.3, 0.4) is 0 Å². The Bertz CT molecular complexity index is 344. The van der Waals surface area contributed by atoms with Gasteiger partial charge in [-0.3, -0.25) is 0 Å². The average molecular weight is 228 g/mol. The van der Waals surface area contributed by atoms with Gasteiger partial charge in [0.25, 0.3) is 0 Å². The summed E-state index contributed by atoms with van der Waals surface area (Å²) < 4.78 is 5.56. The molecule has 0 bridgehead atoms. The van der Waals surface area contributed by atoms with Gasteiger partial charge in [-0.1, -0.05) is 0 Å². The lowest BCUT2D eigenvalue weighted by Crippen LogP contribution is -1.86. The first-order valence-electron chi connectivity index (χ1n) is 3.15. The van der Waals surface area contributed by atoms with Crippen molar-refractivity contribution < 1.29 is 9.84 Å². The minimum Gasteiger partial charge on any atom is -0.507 e. The molecule has 12 heavy (non-hydrogen) atoms. The second-order valence-electron chi connectivity index (χ2n) is 2.12. The molecular formula is C8H6BrNO2. The molecule has 3 nitrogen and oxygen atoms in total. The van der Waals surface area contributed by atoms with E-state index in [1.165, 1.54) is 19.2 Å². The Kier molecular flexibility index (Phi) is 2.56. The van der Waals surface area contributed by atoms with Gasteiger partial charge in [-0.05, 0) is 22.0 Å². The van der Waals surface area contributed by atoms with Crippen molar-refractivity contribution in [1.29, 1.82) is 5.26 Å². The van der Waals surface area contributed by atoms with Crippen LogP contribution in [-0.2, 0) is 0 Å². The molecule has 0 fully saturated rings. The van der Waals surface area contributed by atoms with E-state index in [9.17, 15) is 5.11 Å². The van der Waals surface area contributed by atoms with Crippen LogP contribution in [0.15, 0.2) is 16.6 Å². The predicted octanol–water partition coefficient (Wildman–Crippen LogP) is 2.03. The monoisotopic (exact) mass is 227 g/mol. The quantitative estimate of drug-likeness (QED) is 0.799. The van der Waals surface area contributed by atoms with Crippen molar-refractivity contribution in [3.05, 3.63) is 22.2 Å². The van der Waals surface area contributed by atoms with Gasteiger partial charge in [-0.15, -0.1) is 0 Å². The van der Waals surface area contributed by atoms with E-state index in [4.69, 9.17) is 10.00 Å². The van der Waals surface area contributed by atoms with E-state index in [1.807, 2.05) is 6.07 Å². The molecule has 0 saturated carbocycles. The lowest BCUT2D eigenvalue weighted by atomic mass is 10.2. The van der Waals surface area contributed by atoms with Gasteiger partial charge in [0.1, 0.15) is 17.6 Å². The first-order valence-corrected chi connectivity index (χ1v) is 3.95. The smallest absolute Gasteiger partial charge is 0.134 e. The third-order valence-electron chi connectivity index (χ3n) is 1.39. The van der Waals surface area contributed by atoms with Crippen molar-refractivity contribution in [3.63, 3.8) is 0 Å². The van der Waals surface area contributed by atoms with Crippen molar-refractivity contribution in [2.45, 2.75) is 0 Å². The van der Waals surface area contributed by atoms with Crippen molar-refractivity contribution in [1.82, 2.24) is 0 Å². The Morgan fingerprint density at radius 1 is 1.58 bits per heavy atom. The Morgan fingerprint density at radius 3 is 2.75 bits per heavy atom. The normalized spacial score (nSPS) is 9.08. The van der Waals surface area contributed by atoms with Crippen LogP contribution in [0.4, 0.5) is 0 Å². The number of phenols is 1. The van der Waals surface area contributed by atoms with Crippen LogP contribution in [0.25, 0.3) is 0 Å². The molecule has 0 amide bonds. The first-order chi connectivity index (χ1) is 5.69. The summed E-state index contributed by atoms with van der Waals surface area (Å²) in [6.07, 6.45) is 0. The fourth-order valence-electron chi connectivity index (χ4n) is 0.789. The number of nitriles is 1. The lowest BCUT2D eigenvalue weighted by molar-refractivity contribution is 0.409. The van der Waals surface area contributed by atoms with Gasteiger partial charge >= 0.3 is 0 Å². The second-order valence-corrected chi connectivity index (χ2v) is 2.97. The highest BCUT2D eigenvalue weighted by atomic mass is 79.9. The second kappa shape index (κ2) is 3.46. The Morgan fingerprint density at radius 2 is 2.25 bits per heavy atom. The largest absolute Gasteiger partial charge is 0.507 e. The number of rotatable bonds is 1. The molecule has 1 aromatic carbocycles. The first kappa shape index (κ1) is 8.88. The zero-order valence-electron chi connectivity index (χ0n) is 6.34. The third-order valence-corrected chi connectivity index (χ3v) is 2.01. The summed E-state index contributed by atoms with van der Waals surface area (Å²) in [6.45, 7) is 0. The molecular weight excluding hydrogens is 222 g/mol. The molecule has 0 aliphatic carbocycles. The van der Waals surface area contributed by atoms with Gasteiger partial charge in [-0.2, -0.15) is 5.26 Å². The SMILES string of the molecule is COc1cc(C#N)c(O)cc1Br. The topological polar surface area (TPSA) is 53.2 Å². The van der Waals surface area contributed by atoms with Crippen molar-refractivity contribution in [2.75, 3.05) is 7.11 Å². The number of hydrogen-bond donors (Lipinski definition) is 1. The number of methoxy groups -OCH3 is 1. The minimum absolute atomic E-state index is 0.0508. The number of nitrogens with zero attached hydrogens (tertiary/aromatic N) is 1. The highest BCUT2D eigenvalue weighted by Crippen LogP contribution is 2.31. The summed E-state index contributed by atoms with van der Waals surface area (Å²) in [5.41, 5.74) is 0.204. The predicted molar refractivity (Wildman–Crippen MR) is 47.1 cm³/mol. The van der Waals surface area contributed by atoms with Gasteiger partial charge in [0, 0.05) is 6.07 Å². The highest BCUT2D eigenvalue weighted by Gasteiger charge is 2.06. The number of aromatic hydroxyl groups is 1. The Balaban J connectivity index is 3.30. The number of phenolic OH excluding ortho intramolecular Hbond substituents is 1. The molecule has 4 heteroatoms. The van der Waals surface area contributed by atoms with Gasteiger partial charge in [0.05, 0.1) is 17.1 Å². The van der Waals surface area contributed by atoms with Gasteiger partial charge in [-0.25, -0.2) is 0 Å². The maximum absolute atomic E-state index is 9.20. The van der Waals surface area contributed by atoms with E-state index in [0.29, 0.717) is 10.2 Å². The van der Waals surface area contributed by atoms with E-state index in [2.05, 4.69) is 15.9 Å². The van der Waals surface area contributed by atoms with Crippen LogP contribution in [-0.4, -0.2) is 12.2 Å². The molecule has 0 unspecified atom stereocenters. The third kappa shape index (κ3) is 1.51. The standard InChI is InChI=1S/C8H6BrNO2/c1-12-8-2-5(4-10)7(11)3-6(8)9/h2-3,11H,1H3. The van der Waals surface area contributed by atoms with Crippen molar-refractivity contribution >= 4 is 15.9 Å². The Labute approximate surface area is 78.3 Å². The number of benzene rings is 1. The maximum Gasteiger partial charge on any atom is 0.134 e. The van der Waals surface area contributed by atoms with E-state index in [0.717, 1.165) is 0 Å². The molecule has 62 valence electrons. The summed E-state index contributed by atoms with van der Waals surface area (Å²) in [5.74, 6) is 0.481. The van der Waals surface area contributed by atoms with Crippen molar-refractivity contribution in [3.8, 4) is 17.6 Å². The summed E-state index contributed by atoms with van der Waals surface area (Å²) in [4.78, 5) is 0. The van der Waals surface area contributed by atoms with E-state index in [1.54, 1.807) is 0 Å². The lowest BCUT2D eigenvalue weighted by Gasteiger charge is -2.03. The van der Waals surface area contributed by atoms with Crippen LogP contribution in [0.1, 0.15) is 5.56 Å². The summed E-state index contributed by atoms with van der Waals surface area (Å²) in [7, 11) is 1.50. The zero-order chi connectivity index (χ0) is 9.14. The molecule has 0 atom stereocenters. The van der Waals surface area contributed by atoms with Gasteiger partial charge in [0.15, 0.2) is 0 Å². The summed E-state index contributed by atoms with van der Waals surface area (Å²) in [6, 6.07) is 4.75. The molecule has 1 aromatic rings. The molecule has 1 rings (SSSR count). The molecule has 0 aromatic heterocycles. The molecule has 0 saturated heterocycles. The van der Waals surface area contributed by atoms with Crippen LogP contribution in [0, 0.1) is 11.3 Å². The molecule has 0 heterocycles. The van der Waals surface area contributed by atoms with Crippen molar-refractivity contribution in [2.24, 2.45) is 0 Å². The van der Waals surface area contributed by atoms with Crippen LogP contribution >= 0.6 is 15.9 Å². The van der Waals surface area contributed by atoms with E-state index in [-0.39, 0.29) is 11.3 Å². The Hall–Kier alpha value is -1.21. The average Bonchev–Trinajstić information content (AvgIpc) is 2.05. The van der Waals surface area contributed by atoms with Gasteiger partial charge in [0.2, 0.25) is 0 Å². The molecule has 0 radical (unpaired) electrons. The fourth-order valence-corrected chi connectivity index (χ4v) is 1.28. The summed E-state index contributed by atoms with van der Waals surface area (Å²) >= 11 is 3.18. The minimum atomic E-state index is -0.0508. The zero-order valence-corrected chi connectivity index (χ0v) is 7.92. The number of hydrogen-bond acceptors (Lipinski definition) is 3. The summed E-state index contributed by atoms with van der Waals surface area (Å²) in [5, 5.41) is 17.8. The molecule has 0 spiro atoms. The van der Waals surface area contributed by atoms with Crippen LogP contribution < -0.4 is 4.74 Å². The highest BCUT2D eigenvalue weighted by molar-refractivity contribution is 9.10. The van der Waals surface area contributed by atoms with Crippen LogP contribution in [0.5, 0.6) is 11.5 Å². The van der Waals surface area contributed by atoms with E-state index >= 15 is 0 Å².